The highest BCUT2D eigenvalue weighted by Crippen LogP contribution is 2.24. The summed E-state index contributed by atoms with van der Waals surface area (Å²) in [6.07, 6.45) is 0. The Kier molecular flexibility index (Phi) is 7.15. The molecule has 0 saturated heterocycles. The summed E-state index contributed by atoms with van der Waals surface area (Å²) < 4.78 is 32.3. The molecule has 2 aromatic carbocycles. The highest BCUT2D eigenvalue weighted by atomic mass is 32.2. The lowest BCUT2D eigenvalue weighted by Gasteiger charge is -2.20. The zero-order valence-corrected chi connectivity index (χ0v) is 16.9. The van der Waals surface area contributed by atoms with Gasteiger partial charge in [0, 0.05) is 18.8 Å². The SMILES string of the molecule is CCN(CC)S(=O)(=O)c1cc(NC(=O)COc2ccccc2C#N)ccc1C. The number of amides is 1. The molecule has 0 aliphatic rings. The molecule has 0 radical (unpaired) electrons. The van der Waals surface area contributed by atoms with Gasteiger partial charge in [0.05, 0.1) is 10.5 Å². The fourth-order valence-corrected chi connectivity index (χ4v) is 4.39. The molecule has 1 N–H and O–H groups in total. The van der Waals surface area contributed by atoms with Crippen molar-refractivity contribution in [1.82, 2.24) is 4.31 Å². The number of hydrogen-bond donors (Lipinski definition) is 1. The van der Waals surface area contributed by atoms with Crippen LogP contribution in [0.3, 0.4) is 0 Å². The first-order valence-corrected chi connectivity index (χ1v) is 10.3. The van der Waals surface area contributed by atoms with Crippen molar-refractivity contribution in [2.75, 3.05) is 25.0 Å². The van der Waals surface area contributed by atoms with Crippen LogP contribution in [0.15, 0.2) is 47.4 Å². The molecule has 0 aliphatic heterocycles. The minimum atomic E-state index is -3.64. The van der Waals surface area contributed by atoms with Crippen LogP contribution in [-0.4, -0.2) is 38.3 Å². The number of ether oxygens (including phenoxy) is 1. The molecule has 0 spiro atoms. The lowest BCUT2D eigenvalue weighted by atomic mass is 10.2. The zero-order valence-electron chi connectivity index (χ0n) is 16.1. The number of nitrogens with one attached hydrogen (secondary N) is 1. The van der Waals surface area contributed by atoms with Gasteiger partial charge in [0.2, 0.25) is 10.0 Å². The van der Waals surface area contributed by atoms with E-state index >= 15 is 0 Å². The average molecular weight is 401 g/mol. The van der Waals surface area contributed by atoms with Gasteiger partial charge in [-0.3, -0.25) is 4.79 Å². The third-order valence-corrected chi connectivity index (χ3v) is 6.35. The predicted octanol–water partition coefficient (Wildman–Crippen LogP) is 2.91. The van der Waals surface area contributed by atoms with Crippen LogP contribution in [0.25, 0.3) is 0 Å². The molecular formula is C20H23N3O4S. The summed E-state index contributed by atoms with van der Waals surface area (Å²) in [6, 6.07) is 13.3. The Balaban J connectivity index is 2.15. The zero-order chi connectivity index (χ0) is 20.7. The summed E-state index contributed by atoms with van der Waals surface area (Å²) in [4.78, 5) is 12.4. The Hall–Kier alpha value is -2.89. The van der Waals surface area contributed by atoms with Crippen molar-refractivity contribution in [2.45, 2.75) is 25.7 Å². The van der Waals surface area contributed by atoms with Gasteiger partial charge in [-0.25, -0.2) is 8.42 Å². The van der Waals surface area contributed by atoms with E-state index in [1.54, 1.807) is 57.2 Å². The fraction of sp³-hybridized carbons (Fsp3) is 0.300. The summed E-state index contributed by atoms with van der Waals surface area (Å²) >= 11 is 0. The summed E-state index contributed by atoms with van der Waals surface area (Å²) in [5.74, 6) is -0.142. The van der Waals surface area contributed by atoms with E-state index in [1.807, 2.05) is 6.07 Å². The van der Waals surface area contributed by atoms with Gasteiger partial charge in [-0.2, -0.15) is 9.57 Å². The standard InChI is InChI=1S/C20H23N3O4S/c1-4-23(5-2)28(25,26)19-12-17(11-10-15(19)3)22-20(24)14-27-18-9-7-6-8-16(18)13-21/h6-12H,4-5,14H2,1-3H3,(H,22,24). The first-order valence-electron chi connectivity index (χ1n) is 8.86. The number of nitrogens with zero attached hydrogens (tertiary/aromatic N) is 2. The molecule has 0 heterocycles. The van der Waals surface area contributed by atoms with E-state index in [2.05, 4.69) is 5.32 Å². The van der Waals surface area contributed by atoms with E-state index in [1.165, 1.54) is 10.4 Å². The van der Waals surface area contributed by atoms with E-state index < -0.39 is 15.9 Å². The van der Waals surface area contributed by atoms with E-state index in [9.17, 15) is 13.2 Å². The third kappa shape index (κ3) is 4.88. The Labute approximate surface area is 165 Å². The number of carbonyl (C=O) groups excluding carboxylic acids is 1. The van der Waals surface area contributed by atoms with E-state index in [0.29, 0.717) is 35.7 Å². The molecular weight excluding hydrogens is 378 g/mol. The summed E-state index contributed by atoms with van der Waals surface area (Å²) in [6.45, 7) is 5.69. The largest absolute Gasteiger partial charge is 0.482 e. The lowest BCUT2D eigenvalue weighted by Crippen LogP contribution is -2.31. The van der Waals surface area contributed by atoms with E-state index in [0.717, 1.165) is 0 Å². The van der Waals surface area contributed by atoms with Crippen LogP contribution in [0.5, 0.6) is 5.75 Å². The minimum Gasteiger partial charge on any atom is -0.482 e. The van der Waals surface area contributed by atoms with Crippen molar-refractivity contribution >= 4 is 21.6 Å². The van der Waals surface area contributed by atoms with Gasteiger partial charge >= 0.3 is 0 Å². The second-order valence-corrected chi connectivity index (χ2v) is 7.92. The molecule has 0 aromatic heterocycles. The second kappa shape index (κ2) is 9.35. The van der Waals surface area contributed by atoms with Crippen LogP contribution in [0, 0.1) is 18.3 Å². The van der Waals surface area contributed by atoms with Gasteiger partial charge in [0.15, 0.2) is 6.61 Å². The molecule has 0 bridgehead atoms. The third-order valence-electron chi connectivity index (χ3n) is 4.16. The van der Waals surface area contributed by atoms with Crippen molar-refractivity contribution in [3.63, 3.8) is 0 Å². The van der Waals surface area contributed by atoms with Crippen LogP contribution < -0.4 is 10.1 Å². The van der Waals surface area contributed by atoms with Crippen molar-refractivity contribution < 1.29 is 17.9 Å². The minimum absolute atomic E-state index is 0.157. The maximum absolute atomic E-state index is 12.8. The van der Waals surface area contributed by atoms with Gasteiger partial charge in [0.25, 0.3) is 5.91 Å². The summed E-state index contributed by atoms with van der Waals surface area (Å²) in [5, 5.41) is 11.7. The maximum atomic E-state index is 12.8. The van der Waals surface area contributed by atoms with Crippen LogP contribution in [-0.2, 0) is 14.8 Å². The van der Waals surface area contributed by atoms with Crippen molar-refractivity contribution in [3.8, 4) is 11.8 Å². The molecule has 28 heavy (non-hydrogen) atoms. The Morgan fingerprint density at radius 2 is 1.86 bits per heavy atom. The van der Waals surface area contributed by atoms with E-state index in [-0.39, 0.29) is 11.5 Å². The van der Waals surface area contributed by atoms with Gasteiger partial charge in [-0.15, -0.1) is 0 Å². The van der Waals surface area contributed by atoms with E-state index in [4.69, 9.17) is 10.00 Å². The second-order valence-electron chi connectivity index (χ2n) is 6.01. The van der Waals surface area contributed by atoms with Crippen LogP contribution >= 0.6 is 0 Å². The molecule has 8 heteroatoms. The molecule has 0 atom stereocenters. The topological polar surface area (TPSA) is 99.5 Å². The highest BCUT2D eigenvalue weighted by Gasteiger charge is 2.24. The van der Waals surface area contributed by atoms with Crippen LogP contribution in [0.2, 0.25) is 0 Å². The monoisotopic (exact) mass is 401 g/mol. The van der Waals surface area contributed by atoms with Crippen LogP contribution in [0.4, 0.5) is 5.69 Å². The Morgan fingerprint density at radius 1 is 1.18 bits per heavy atom. The summed E-state index contributed by atoms with van der Waals surface area (Å²) in [7, 11) is -3.64. The first kappa shape index (κ1) is 21.4. The lowest BCUT2D eigenvalue weighted by molar-refractivity contribution is -0.118. The maximum Gasteiger partial charge on any atom is 0.262 e. The number of para-hydroxylation sites is 1. The number of anilines is 1. The number of rotatable bonds is 8. The normalized spacial score (nSPS) is 11.1. The van der Waals surface area contributed by atoms with Crippen molar-refractivity contribution in [2.24, 2.45) is 0 Å². The molecule has 0 unspecified atom stereocenters. The number of nitriles is 1. The van der Waals surface area contributed by atoms with Crippen LogP contribution in [0.1, 0.15) is 25.0 Å². The molecule has 148 valence electrons. The molecule has 1 amide bonds. The number of aryl methyl sites for hydroxylation is 1. The fourth-order valence-electron chi connectivity index (χ4n) is 2.68. The molecule has 0 fully saturated rings. The van der Waals surface area contributed by atoms with Gasteiger partial charge < -0.3 is 10.1 Å². The smallest absolute Gasteiger partial charge is 0.262 e. The predicted molar refractivity (Wildman–Crippen MR) is 107 cm³/mol. The first-order chi connectivity index (χ1) is 13.3. The average Bonchev–Trinajstić information content (AvgIpc) is 2.68. The Morgan fingerprint density at radius 3 is 2.50 bits per heavy atom. The molecule has 0 saturated carbocycles. The van der Waals surface area contributed by atoms with Gasteiger partial charge in [-0.1, -0.05) is 32.0 Å². The molecule has 0 aliphatic carbocycles. The quantitative estimate of drug-likeness (QED) is 0.733. The summed E-state index contributed by atoms with van der Waals surface area (Å²) in [5.41, 5.74) is 1.29. The van der Waals surface area contributed by atoms with Gasteiger partial charge in [0.1, 0.15) is 11.8 Å². The molecule has 7 nitrogen and oxygen atoms in total. The number of carbonyl (C=O) groups is 1. The van der Waals surface area contributed by atoms with Crippen molar-refractivity contribution in [1.29, 1.82) is 5.26 Å². The Bertz CT molecular complexity index is 993. The number of hydrogen-bond acceptors (Lipinski definition) is 5. The number of sulfonamides is 1. The molecule has 2 rings (SSSR count). The highest BCUT2D eigenvalue weighted by molar-refractivity contribution is 7.89. The van der Waals surface area contributed by atoms with Gasteiger partial charge in [-0.05, 0) is 36.8 Å². The van der Waals surface area contributed by atoms with Crippen molar-refractivity contribution in [3.05, 3.63) is 53.6 Å². The molecule has 2 aromatic rings. The number of benzene rings is 2.